The molecule has 0 amide bonds. The summed E-state index contributed by atoms with van der Waals surface area (Å²) in [4.78, 5) is 2.73. The van der Waals surface area contributed by atoms with E-state index in [0.717, 1.165) is 17.9 Å². The van der Waals surface area contributed by atoms with E-state index in [1.807, 2.05) is 0 Å². The molecule has 0 spiro atoms. The fourth-order valence-corrected chi connectivity index (χ4v) is 3.68. The summed E-state index contributed by atoms with van der Waals surface area (Å²) in [5.41, 5.74) is 6.38. The lowest BCUT2D eigenvalue weighted by atomic mass is 9.78. The highest BCUT2D eigenvalue weighted by Gasteiger charge is 2.29. The van der Waals surface area contributed by atoms with Crippen LogP contribution in [0.3, 0.4) is 0 Å². The molecule has 3 unspecified atom stereocenters. The monoisotopic (exact) mass is 268 g/mol. The lowest BCUT2D eigenvalue weighted by Crippen LogP contribution is -2.47. The first kappa shape index (κ1) is 17.0. The van der Waals surface area contributed by atoms with Crippen LogP contribution in [-0.2, 0) is 0 Å². The third-order valence-corrected chi connectivity index (χ3v) is 4.83. The smallest absolute Gasteiger partial charge is 0.00902 e. The maximum Gasteiger partial charge on any atom is 0.00902 e. The van der Waals surface area contributed by atoms with E-state index in [4.69, 9.17) is 5.73 Å². The molecule has 2 heteroatoms. The van der Waals surface area contributed by atoms with Crippen molar-refractivity contribution in [3.8, 4) is 0 Å². The van der Waals surface area contributed by atoms with Crippen molar-refractivity contribution in [2.24, 2.45) is 23.5 Å². The van der Waals surface area contributed by atoms with E-state index in [2.05, 4.69) is 39.5 Å². The molecule has 0 aromatic heterocycles. The van der Waals surface area contributed by atoms with Crippen molar-refractivity contribution in [2.75, 3.05) is 13.1 Å². The second-order valence-corrected chi connectivity index (χ2v) is 7.16. The Morgan fingerprint density at radius 3 is 2.32 bits per heavy atom. The molecule has 0 radical (unpaired) electrons. The van der Waals surface area contributed by atoms with Crippen molar-refractivity contribution in [2.45, 2.75) is 78.8 Å². The lowest BCUT2D eigenvalue weighted by Gasteiger charge is -2.39. The van der Waals surface area contributed by atoms with Crippen molar-refractivity contribution in [3.05, 3.63) is 0 Å². The highest BCUT2D eigenvalue weighted by molar-refractivity contribution is 4.85. The van der Waals surface area contributed by atoms with Gasteiger partial charge in [0.05, 0.1) is 0 Å². The Balaban J connectivity index is 2.64. The minimum Gasteiger partial charge on any atom is -0.327 e. The van der Waals surface area contributed by atoms with E-state index >= 15 is 0 Å². The van der Waals surface area contributed by atoms with Gasteiger partial charge in [-0.1, -0.05) is 34.6 Å². The van der Waals surface area contributed by atoms with E-state index in [-0.39, 0.29) is 0 Å². The molecule has 0 aromatic carbocycles. The Labute approximate surface area is 121 Å². The summed E-state index contributed by atoms with van der Waals surface area (Å²) >= 11 is 0. The Hall–Kier alpha value is -0.0800. The number of nitrogens with zero attached hydrogens (tertiary/aromatic N) is 1. The molecule has 1 rings (SSSR count). The third-order valence-electron chi connectivity index (χ3n) is 4.83. The summed E-state index contributed by atoms with van der Waals surface area (Å²) in [6.07, 6.45) is 6.41. The average Bonchev–Trinajstić information content (AvgIpc) is 2.34. The van der Waals surface area contributed by atoms with Gasteiger partial charge in [-0.3, -0.25) is 4.90 Å². The standard InChI is InChI=1S/C17H36N2/c1-6-16(7-2)19(11-13(3)4)12-15-10-14(5)8-9-17(15)18/h13-17H,6-12,18H2,1-5H3. The molecule has 0 heterocycles. The van der Waals surface area contributed by atoms with Gasteiger partial charge in [0.25, 0.3) is 0 Å². The van der Waals surface area contributed by atoms with E-state index in [1.54, 1.807) is 0 Å². The molecule has 2 N–H and O–H groups in total. The second-order valence-electron chi connectivity index (χ2n) is 7.16. The van der Waals surface area contributed by atoms with Gasteiger partial charge < -0.3 is 5.73 Å². The SMILES string of the molecule is CCC(CC)N(CC(C)C)CC1CC(C)CCC1N. The fourth-order valence-electron chi connectivity index (χ4n) is 3.68. The van der Waals surface area contributed by atoms with Crippen LogP contribution in [0.4, 0.5) is 0 Å². The van der Waals surface area contributed by atoms with Gasteiger partial charge in [0.15, 0.2) is 0 Å². The van der Waals surface area contributed by atoms with Crippen molar-refractivity contribution in [3.63, 3.8) is 0 Å². The first-order valence-electron chi connectivity index (χ1n) is 8.47. The Kier molecular flexibility index (Phi) is 7.38. The Morgan fingerprint density at radius 1 is 1.16 bits per heavy atom. The maximum absolute atomic E-state index is 6.38. The minimum atomic E-state index is 0.431. The van der Waals surface area contributed by atoms with E-state index in [0.29, 0.717) is 12.0 Å². The average molecular weight is 268 g/mol. The van der Waals surface area contributed by atoms with E-state index < -0.39 is 0 Å². The molecular weight excluding hydrogens is 232 g/mol. The number of hydrogen-bond donors (Lipinski definition) is 1. The fraction of sp³-hybridized carbons (Fsp3) is 1.00. The highest BCUT2D eigenvalue weighted by Crippen LogP contribution is 2.29. The first-order valence-corrected chi connectivity index (χ1v) is 8.47. The molecule has 2 nitrogen and oxygen atoms in total. The normalized spacial score (nSPS) is 28.6. The summed E-state index contributed by atoms with van der Waals surface area (Å²) in [6, 6.07) is 1.17. The van der Waals surface area contributed by atoms with Crippen LogP contribution < -0.4 is 5.73 Å². The second kappa shape index (κ2) is 8.26. The molecule has 1 fully saturated rings. The lowest BCUT2D eigenvalue weighted by molar-refractivity contribution is 0.107. The predicted octanol–water partition coefficient (Wildman–Crippen LogP) is 3.90. The summed E-state index contributed by atoms with van der Waals surface area (Å²) in [5, 5.41) is 0. The zero-order valence-electron chi connectivity index (χ0n) is 13.9. The molecule has 0 aromatic rings. The summed E-state index contributed by atoms with van der Waals surface area (Å²) < 4.78 is 0. The molecule has 114 valence electrons. The summed E-state index contributed by atoms with van der Waals surface area (Å²) in [5.74, 6) is 2.33. The molecule has 19 heavy (non-hydrogen) atoms. The maximum atomic E-state index is 6.38. The van der Waals surface area contributed by atoms with Gasteiger partial charge >= 0.3 is 0 Å². The zero-order chi connectivity index (χ0) is 14.4. The van der Waals surface area contributed by atoms with Gasteiger partial charge in [-0.05, 0) is 49.9 Å². The third kappa shape index (κ3) is 5.43. The summed E-state index contributed by atoms with van der Waals surface area (Å²) in [7, 11) is 0. The molecule has 1 aliphatic carbocycles. The number of hydrogen-bond acceptors (Lipinski definition) is 2. The van der Waals surface area contributed by atoms with Gasteiger partial charge in [-0.2, -0.15) is 0 Å². The quantitative estimate of drug-likeness (QED) is 0.759. The van der Waals surface area contributed by atoms with Crippen LogP contribution >= 0.6 is 0 Å². The van der Waals surface area contributed by atoms with Gasteiger partial charge in [0.2, 0.25) is 0 Å². The van der Waals surface area contributed by atoms with E-state index in [9.17, 15) is 0 Å². The van der Waals surface area contributed by atoms with Gasteiger partial charge in [0.1, 0.15) is 0 Å². The van der Waals surface area contributed by atoms with Crippen LogP contribution in [0.5, 0.6) is 0 Å². The largest absolute Gasteiger partial charge is 0.327 e. The van der Waals surface area contributed by atoms with Crippen molar-refractivity contribution in [1.29, 1.82) is 0 Å². The molecule has 1 aliphatic rings. The molecular formula is C17H36N2. The minimum absolute atomic E-state index is 0.431. The van der Waals surface area contributed by atoms with Crippen LogP contribution in [-0.4, -0.2) is 30.1 Å². The molecule has 0 aliphatic heterocycles. The van der Waals surface area contributed by atoms with Crippen LogP contribution in [0.2, 0.25) is 0 Å². The Bertz CT molecular complexity index is 235. The van der Waals surface area contributed by atoms with Crippen LogP contribution in [0.25, 0.3) is 0 Å². The van der Waals surface area contributed by atoms with Crippen molar-refractivity contribution < 1.29 is 0 Å². The molecule has 0 saturated heterocycles. The first-order chi connectivity index (χ1) is 8.97. The topological polar surface area (TPSA) is 29.3 Å². The summed E-state index contributed by atoms with van der Waals surface area (Å²) in [6.45, 7) is 14.1. The van der Waals surface area contributed by atoms with Crippen LogP contribution in [0.1, 0.15) is 66.7 Å². The van der Waals surface area contributed by atoms with Gasteiger partial charge in [-0.15, -0.1) is 0 Å². The number of rotatable bonds is 7. The molecule has 3 atom stereocenters. The van der Waals surface area contributed by atoms with Gasteiger partial charge in [-0.25, -0.2) is 0 Å². The van der Waals surface area contributed by atoms with Crippen LogP contribution in [0.15, 0.2) is 0 Å². The van der Waals surface area contributed by atoms with Crippen molar-refractivity contribution in [1.82, 2.24) is 4.90 Å². The number of nitrogens with two attached hydrogens (primary N) is 1. The highest BCUT2D eigenvalue weighted by atomic mass is 15.2. The zero-order valence-corrected chi connectivity index (χ0v) is 13.9. The van der Waals surface area contributed by atoms with Crippen LogP contribution in [0, 0.1) is 17.8 Å². The predicted molar refractivity (Wildman–Crippen MR) is 85.3 cm³/mol. The van der Waals surface area contributed by atoms with Gasteiger partial charge in [0, 0.05) is 25.2 Å². The molecule has 0 bridgehead atoms. The van der Waals surface area contributed by atoms with Crippen molar-refractivity contribution >= 4 is 0 Å². The molecule has 1 saturated carbocycles. The van der Waals surface area contributed by atoms with E-state index in [1.165, 1.54) is 45.2 Å². The Morgan fingerprint density at radius 2 is 1.79 bits per heavy atom.